The Balaban J connectivity index is 1.34. The average Bonchev–Trinajstić information content (AvgIpc) is 3.21. The fraction of sp³-hybridized carbons (Fsp3) is 0.421. The van der Waals surface area contributed by atoms with E-state index >= 15 is 0 Å². The summed E-state index contributed by atoms with van der Waals surface area (Å²) >= 11 is 4.11. The smallest absolute Gasteiger partial charge is 0.317 e. The quantitative estimate of drug-likeness (QED) is 0.253. The van der Waals surface area contributed by atoms with E-state index in [9.17, 15) is 19.5 Å². The summed E-state index contributed by atoms with van der Waals surface area (Å²) in [6, 6.07) is 7.82. The number of amides is 3. The van der Waals surface area contributed by atoms with Gasteiger partial charge in [0.15, 0.2) is 4.34 Å². The fourth-order valence-corrected chi connectivity index (χ4v) is 7.19. The van der Waals surface area contributed by atoms with E-state index < -0.39 is 29.6 Å². The molecule has 32 heavy (non-hydrogen) atoms. The number of hydrogen-bond acceptors (Lipinski definition) is 9. The van der Waals surface area contributed by atoms with E-state index in [0.29, 0.717) is 10.1 Å². The van der Waals surface area contributed by atoms with Crippen molar-refractivity contribution in [2.75, 3.05) is 18.1 Å². The minimum atomic E-state index is -1.09. The van der Waals surface area contributed by atoms with Gasteiger partial charge in [-0.2, -0.15) is 0 Å². The molecule has 0 aliphatic carbocycles. The second kappa shape index (κ2) is 9.25. The highest BCUT2D eigenvalue weighted by Crippen LogP contribution is 2.44. The zero-order valence-corrected chi connectivity index (χ0v) is 19.5. The number of nitrogens with zero attached hydrogens (tertiary/aromatic N) is 3. The summed E-state index contributed by atoms with van der Waals surface area (Å²) < 4.78 is 0.705. The van der Waals surface area contributed by atoms with Gasteiger partial charge in [-0.1, -0.05) is 53.4 Å². The van der Waals surface area contributed by atoms with E-state index in [2.05, 4.69) is 20.8 Å². The second-order valence-corrected chi connectivity index (χ2v) is 11.1. The van der Waals surface area contributed by atoms with Gasteiger partial charge in [-0.15, -0.1) is 22.0 Å². The van der Waals surface area contributed by atoms with Crippen molar-refractivity contribution >= 4 is 52.8 Å². The molecule has 1 aromatic carbocycles. The molecule has 0 saturated carbocycles. The summed E-state index contributed by atoms with van der Waals surface area (Å²) in [5, 5.41) is 23.7. The lowest BCUT2D eigenvalue weighted by molar-refractivity contribution is -0.156. The maximum absolute atomic E-state index is 12.7. The molecule has 3 amide bonds. The number of carbonyl (C=O) groups excluding carboxylic acids is 2. The SMILES string of the molecule is Cc1nnc(SCC2(C(=O)O)CS[C@@H]3C(NC(=O)NC(N)c4ccccc4)C(=O)N3C2)s1. The van der Waals surface area contributed by atoms with Crippen molar-refractivity contribution in [3.05, 3.63) is 40.9 Å². The van der Waals surface area contributed by atoms with Gasteiger partial charge in [0.05, 0.1) is 0 Å². The van der Waals surface area contributed by atoms with Crippen molar-refractivity contribution in [3.63, 3.8) is 0 Å². The van der Waals surface area contributed by atoms with Gasteiger partial charge in [0.25, 0.3) is 0 Å². The van der Waals surface area contributed by atoms with Gasteiger partial charge in [-0.05, 0) is 12.5 Å². The standard InChI is InChI=1S/C19H22N6O4S3/c1-10-23-24-18(32-10)31-9-19(16(27)28)7-25-14(26)12(15(25)30-8-19)21-17(29)22-13(20)11-5-3-2-4-6-11/h2-6,12-13,15H,7-9,20H2,1H3,(H,27,28)(H2,21,22,29)/t12?,13?,15-,19?/m1/s1. The van der Waals surface area contributed by atoms with E-state index in [4.69, 9.17) is 5.73 Å². The minimum absolute atomic E-state index is 0.0902. The molecule has 0 radical (unpaired) electrons. The van der Waals surface area contributed by atoms with Gasteiger partial charge >= 0.3 is 12.0 Å². The average molecular weight is 495 g/mol. The summed E-state index contributed by atoms with van der Waals surface area (Å²) in [5.74, 6) is -0.642. The maximum atomic E-state index is 12.7. The van der Waals surface area contributed by atoms with Gasteiger partial charge in [-0.3, -0.25) is 9.59 Å². The van der Waals surface area contributed by atoms with E-state index in [-0.39, 0.29) is 23.6 Å². The molecule has 3 unspecified atom stereocenters. The topological polar surface area (TPSA) is 151 Å². The molecule has 2 aromatic rings. The number of urea groups is 1. The van der Waals surface area contributed by atoms with Crippen LogP contribution >= 0.6 is 34.9 Å². The number of β-lactam (4-membered cyclic amide) rings is 1. The Hall–Kier alpha value is -2.35. The molecule has 10 nitrogen and oxygen atoms in total. The second-order valence-electron chi connectivity index (χ2n) is 7.61. The predicted molar refractivity (Wildman–Crippen MR) is 122 cm³/mol. The van der Waals surface area contributed by atoms with Crippen LogP contribution in [0.1, 0.15) is 16.7 Å². The van der Waals surface area contributed by atoms with Crippen LogP contribution in [0.5, 0.6) is 0 Å². The number of nitrogens with one attached hydrogen (secondary N) is 2. The lowest BCUT2D eigenvalue weighted by atomic mass is 9.89. The van der Waals surface area contributed by atoms with Crippen LogP contribution in [0.3, 0.4) is 0 Å². The molecule has 13 heteroatoms. The summed E-state index contributed by atoms with van der Waals surface area (Å²) in [7, 11) is 0. The van der Waals surface area contributed by atoms with Crippen LogP contribution < -0.4 is 16.4 Å². The Morgan fingerprint density at radius 3 is 2.78 bits per heavy atom. The Morgan fingerprint density at radius 1 is 1.38 bits per heavy atom. The largest absolute Gasteiger partial charge is 0.481 e. The first-order valence-electron chi connectivity index (χ1n) is 9.75. The van der Waals surface area contributed by atoms with Crippen molar-refractivity contribution < 1.29 is 19.5 Å². The molecule has 170 valence electrons. The number of hydrogen-bond donors (Lipinski definition) is 4. The first-order valence-corrected chi connectivity index (χ1v) is 12.6. The normalized spacial score (nSPS) is 25.4. The van der Waals surface area contributed by atoms with Crippen LogP contribution in [0.15, 0.2) is 34.7 Å². The number of carbonyl (C=O) groups is 3. The van der Waals surface area contributed by atoms with Gasteiger partial charge in [0.2, 0.25) is 5.91 Å². The van der Waals surface area contributed by atoms with Crippen molar-refractivity contribution in [2.24, 2.45) is 11.1 Å². The summed E-state index contributed by atoms with van der Waals surface area (Å²) in [6.45, 7) is 1.93. The molecule has 4 atom stereocenters. The monoisotopic (exact) mass is 494 g/mol. The molecule has 0 spiro atoms. The van der Waals surface area contributed by atoms with Crippen molar-refractivity contribution in [1.29, 1.82) is 0 Å². The molecule has 4 rings (SSSR count). The number of carboxylic acids is 1. The molecule has 2 fully saturated rings. The third-order valence-electron chi connectivity index (χ3n) is 5.31. The third kappa shape index (κ3) is 4.56. The number of rotatable bonds is 7. The minimum Gasteiger partial charge on any atom is -0.481 e. The molecule has 3 heterocycles. The number of fused-ring (bicyclic) bond motifs is 1. The number of aromatic nitrogens is 2. The molecule has 2 saturated heterocycles. The highest BCUT2D eigenvalue weighted by Gasteiger charge is 2.57. The van der Waals surface area contributed by atoms with Crippen LogP contribution in [0, 0.1) is 12.3 Å². The molecule has 5 N–H and O–H groups in total. The lowest BCUT2D eigenvalue weighted by Crippen LogP contribution is -2.74. The number of nitrogens with two attached hydrogens (primary N) is 1. The van der Waals surface area contributed by atoms with Gasteiger partial charge < -0.3 is 26.4 Å². The van der Waals surface area contributed by atoms with Crippen molar-refractivity contribution in [3.8, 4) is 0 Å². The first-order chi connectivity index (χ1) is 15.3. The van der Waals surface area contributed by atoms with Crippen LogP contribution in [0.2, 0.25) is 0 Å². The van der Waals surface area contributed by atoms with Crippen LogP contribution in [0.4, 0.5) is 4.79 Å². The summed E-state index contributed by atoms with van der Waals surface area (Å²) in [5.41, 5.74) is 5.65. The first kappa shape index (κ1) is 22.8. The highest BCUT2D eigenvalue weighted by molar-refractivity contribution is 8.01. The molecular formula is C19H22N6O4S3. The zero-order valence-electron chi connectivity index (χ0n) is 17.1. The van der Waals surface area contributed by atoms with Gasteiger partial charge in [0.1, 0.15) is 28.0 Å². The number of thioether (sulfide) groups is 2. The van der Waals surface area contributed by atoms with Gasteiger partial charge in [0, 0.05) is 18.1 Å². The molecular weight excluding hydrogens is 472 g/mol. The van der Waals surface area contributed by atoms with Crippen LogP contribution in [0.25, 0.3) is 0 Å². The third-order valence-corrected chi connectivity index (χ3v) is 9.16. The van der Waals surface area contributed by atoms with E-state index in [1.54, 1.807) is 12.1 Å². The molecule has 0 bridgehead atoms. The Labute approximate surface area is 196 Å². The Kier molecular flexibility index (Phi) is 6.60. The predicted octanol–water partition coefficient (Wildman–Crippen LogP) is 1.25. The van der Waals surface area contributed by atoms with Crippen LogP contribution in [-0.4, -0.2) is 67.6 Å². The molecule has 1 aromatic heterocycles. The Bertz CT molecular complexity index is 1020. The molecule has 2 aliphatic heterocycles. The van der Waals surface area contributed by atoms with Crippen molar-refractivity contribution in [1.82, 2.24) is 25.7 Å². The Morgan fingerprint density at radius 2 is 2.12 bits per heavy atom. The van der Waals surface area contributed by atoms with E-state index in [1.807, 2.05) is 25.1 Å². The van der Waals surface area contributed by atoms with Crippen LogP contribution in [-0.2, 0) is 9.59 Å². The fourth-order valence-electron chi connectivity index (χ4n) is 3.51. The van der Waals surface area contributed by atoms with E-state index in [1.165, 1.54) is 39.8 Å². The lowest BCUT2D eigenvalue weighted by Gasteiger charge is -2.53. The highest BCUT2D eigenvalue weighted by atomic mass is 32.2. The molecule has 2 aliphatic rings. The zero-order chi connectivity index (χ0) is 22.9. The number of aryl methyl sites for hydroxylation is 1. The van der Waals surface area contributed by atoms with Gasteiger partial charge in [-0.25, -0.2) is 4.79 Å². The number of benzene rings is 1. The summed E-state index contributed by atoms with van der Waals surface area (Å²) in [4.78, 5) is 38.7. The van der Waals surface area contributed by atoms with Crippen molar-refractivity contribution in [2.45, 2.75) is 28.8 Å². The van der Waals surface area contributed by atoms with E-state index in [0.717, 1.165) is 10.6 Å². The number of aliphatic carboxylic acids is 1. The maximum Gasteiger partial charge on any atom is 0.317 e. The number of carboxylic acid groups (broad SMARTS) is 1. The summed E-state index contributed by atoms with van der Waals surface area (Å²) in [6.07, 6.45) is -0.706.